The highest BCUT2D eigenvalue weighted by molar-refractivity contribution is 5.97. The summed E-state index contributed by atoms with van der Waals surface area (Å²) in [4.78, 5) is 29.2. The number of fused-ring (bicyclic) bond motifs is 1. The largest absolute Gasteiger partial charge is 0.352 e. The first-order valence-corrected chi connectivity index (χ1v) is 11.5. The lowest BCUT2D eigenvalue weighted by Crippen LogP contribution is -2.50. The number of carbonyl (C=O) groups is 2. The number of hydrogen-bond donors (Lipinski definition) is 3. The third kappa shape index (κ3) is 4.77. The van der Waals surface area contributed by atoms with Crippen molar-refractivity contribution in [3.05, 3.63) is 72.1 Å². The summed E-state index contributed by atoms with van der Waals surface area (Å²) in [7, 11) is 0. The van der Waals surface area contributed by atoms with E-state index >= 15 is 0 Å². The molecule has 8 heteroatoms. The number of hydrogen-bond acceptors (Lipinski definition) is 4. The first-order chi connectivity index (χ1) is 16.4. The standard InChI is InChI=1S/C26H26F2N4O2/c27-26(28)15-30-10-8-20(26)14-31-24(33)17-3-1-16(2-4-17)22-12-23(22)25(34)32-21-6-5-19-13-29-9-7-18(19)11-21/h1-7,9,11,13,20,22-23,30H,8,10,12,14-15H2,(H,31,33)(H,32,34)/t20?,22-,23+/m0/s1. The maximum absolute atomic E-state index is 13.9. The van der Waals surface area contributed by atoms with Crippen LogP contribution in [0.3, 0.4) is 0 Å². The number of aromatic nitrogens is 1. The molecule has 3 N–H and O–H groups in total. The first-order valence-electron chi connectivity index (χ1n) is 11.5. The van der Waals surface area contributed by atoms with E-state index in [0.29, 0.717) is 18.5 Å². The van der Waals surface area contributed by atoms with Gasteiger partial charge in [-0.05, 0) is 66.6 Å². The number of rotatable bonds is 6. The molecule has 2 aliphatic rings. The molecule has 2 heterocycles. The lowest BCUT2D eigenvalue weighted by Gasteiger charge is -2.31. The van der Waals surface area contributed by atoms with Crippen LogP contribution in [0.4, 0.5) is 14.5 Å². The number of carbonyl (C=O) groups excluding carboxylic acids is 2. The Labute approximate surface area is 196 Å². The molecule has 34 heavy (non-hydrogen) atoms. The molecule has 1 saturated heterocycles. The summed E-state index contributed by atoms with van der Waals surface area (Å²) < 4.78 is 27.9. The van der Waals surface area contributed by atoms with E-state index in [1.165, 1.54) is 0 Å². The minimum Gasteiger partial charge on any atom is -0.352 e. The van der Waals surface area contributed by atoms with Crippen molar-refractivity contribution in [3.63, 3.8) is 0 Å². The van der Waals surface area contributed by atoms with Gasteiger partial charge in [0, 0.05) is 47.4 Å². The number of benzene rings is 2. The van der Waals surface area contributed by atoms with Gasteiger partial charge in [-0.3, -0.25) is 14.6 Å². The molecule has 5 rings (SSSR count). The van der Waals surface area contributed by atoms with Crippen molar-refractivity contribution in [2.45, 2.75) is 24.7 Å². The van der Waals surface area contributed by atoms with Crippen LogP contribution >= 0.6 is 0 Å². The Morgan fingerprint density at radius 1 is 1.09 bits per heavy atom. The summed E-state index contributed by atoms with van der Waals surface area (Å²) in [5.74, 6) is -4.08. The van der Waals surface area contributed by atoms with Crippen molar-refractivity contribution in [1.82, 2.24) is 15.6 Å². The van der Waals surface area contributed by atoms with Crippen LogP contribution in [0, 0.1) is 11.8 Å². The maximum atomic E-state index is 13.9. The maximum Gasteiger partial charge on any atom is 0.264 e. The Balaban J connectivity index is 1.15. The van der Waals surface area contributed by atoms with Gasteiger partial charge in [-0.15, -0.1) is 0 Å². The van der Waals surface area contributed by atoms with Gasteiger partial charge in [0.1, 0.15) is 0 Å². The Bertz CT molecular complexity index is 1210. The average molecular weight is 465 g/mol. The third-order valence-electron chi connectivity index (χ3n) is 6.77. The molecule has 6 nitrogen and oxygen atoms in total. The van der Waals surface area contributed by atoms with E-state index in [1.54, 1.807) is 24.5 Å². The van der Waals surface area contributed by atoms with Gasteiger partial charge in [-0.2, -0.15) is 0 Å². The number of halogens is 2. The first kappa shape index (κ1) is 22.4. The number of nitrogens with zero attached hydrogens (tertiary/aromatic N) is 1. The summed E-state index contributed by atoms with van der Waals surface area (Å²) in [6, 6.07) is 14.7. The Hall–Kier alpha value is -3.39. The van der Waals surface area contributed by atoms with E-state index in [9.17, 15) is 18.4 Å². The van der Waals surface area contributed by atoms with Crippen molar-refractivity contribution < 1.29 is 18.4 Å². The van der Waals surface area contributed by atoms with Crippen LogP contribution in [0.15, 0.2) is 60.9 Å². The number of piperidine rings is 1. The summed E-state index contributed by atoms with van der Waals surface area (Å²) in [6.45, 7) is 0.126. The minimum atomic E-state index is -2.82. The normalized spacial score (nSPS) is 23.3. The van der Waals surface area contributed by atoms with Crippen LogP contribution in [0.1, 0.15) is 34.7 Å². The van der Waals surface area contributed by atoms with E-state index in [0.717, 1.165) is 28.4 Å². The molecule has 3 aromatic rings. The van der Waals surface area contributed by atoms with E-state index < -0.39 is 11.8 Å². The molecule has 0 spiro atoms. The summed E-state index contributed by atoms with van der Waals surface area (Å²) in [5, 5.41) is 10.3. The van der Waals surface area contributed by atoms with E-state index in [-0.39, 0.29) is 36.7 Å². The van der Waals surface area contributed by atoms with E-state index in [1.807, 2.05) is 36.4 Å². The summed E-state index contributed by atoms with van der Waals surface area (Å²) >= 11 is 0. The fourth-order valence-electron chi connectivity index (χ4n) is 4.59. The van der Waals surface area contributed by atoms with Gasteiger partial charge in [-0.25, -0.2) is 8.78 Å². The van der Waals surface area contributed by atoms with Crippen molar-refractivity contribution >= 4 is 28.3 Å². The second-order valence-electron chi connectivity index (χ2n) is 9.13. The summed E-state index contributed by atoms with van der Waals surface area (Å²) in [6.07, 6.45) is 4.58. The van der Waals surface area contributed by atoms with E-state index in [4.69, 9.17) is 0 Å². The van der Waals surface area contributed by atoms with Gasteiger partial charge in [0.25, 0.3) is 11.8 Å². The highest BCUT2D eigenvalue weighted by atomic mass is 19.3. The van der Waals surface area contributed by atoms with Gasteiger partial charge < -0.3 is 16.0 Å². The lowest BCUT2D eigenvalue weighted by atomic mass is 9.94. The fraction of sp³-hybridized carbons (Fsp3) is 0.346. The van der Waals surface area contributed by atoms with Crippen LogP contribution in [0.25, 0.3) is 10.8 Å². The van der Waals surface area contributed by atoms with Gasteiger partial charge in [0.2, 0.25) is 5.91 Å². The molecule has 176 valence electrons. The number of anilines is 1. The average Bonchev–Trinajstić information content (AvgIpc) is 3.64. The third-order valence-corrected chi connectivity index (χ3v) is 6.77. The SMILES string of the molecule is O=C(NCC1CCNCC1(F)F)c1ccc([C@@H]2C[C@H]2C(=O)Nc2ccc3cnccc3c2)cc1. The second kappa shape index (κ2) is 9.10. The number of nitrogens with one attached hydrogen (secondary N) is 3. The number of amides is 2. The fourth-order valence-corrected chi connectivity index (χ4v) is 4.59. The van der Waals surface area contributed by atoms with Crippen LogP contribution in [-0.2, 0) is 4.79 Å². The molecule has 2 amide bonds. The molecule has 1 aliphatic carbocycles. The zero-order chi connectivity index (χ0) is 23.7. The minimum absolute atomic E-state index is 0.0249. The van der Waals surface area contributed by atoms with Gasteiger partial charge in [0.15, 0.2) is 0 Å². The van der Waals surface area contributed by atoms with Crippen LogP contribution in [0.2, 0.25) is 0 Å². The zero-order valence-corrected chi connectivity index (χ0v) is 18.6. The highest BCUT2D eigenvalue weighted by Gasteiger charge is 2.44. The van der Waals surface area contributed by atoms with Gasteiger partial charge >= 0.3 is 0 Å². The monoisotopic (exact) mass is 464 g/mol. The molecule has 2 aromatic carbocycles. The molecule has 1 aliphatic heterocycles. The molecular weight excluding hydrogens is 438 g/mol. The lowest BCUT2D eigenvalue weighted by molar-refractivity contribution is -0.117. The van der Waals surface area contributed by atoms with Crippen molar-refractivity contribution in [2.24, 2.45) is 11.8 Å². The predicted octanol–water partition coefficient (Wildman–Crippen LogP) is 3.95. The molecule has 0 bridgehead atoms. The Morgan fingerprint density at radius 3 is 2.71 bits per heavy atom. The molecule has 1 saturated carbocycles. The molecular formula is C26H26F2N4O2. The quantitative estimate of drug-likeness (QED) is 0.516. The van der Waals surface area contributed by atoms with Crippen molar-refractivity contribution in [2.75, 3.05) is 25.0 Å². The second-order valence-corrected chi connectivity index (χ2v) is 9.13. The van der Waals surface area contributed by atoms with Crippen molar-refractivity contribution in [1.29, 1.82) is 0 Å². The Morgan fingerprint density at radius 2 is 1.91 bits per heavy atom. The highest BCUT2D eigenvalue weighted by Crippen LogP contribution is 2.48. The van der Waals surface area contributed by atoms with E-state index in [2.05, 4.69) is 20.9 Å². The Kier molecular flexibility index (Phi) is 6.00. The van der Waals surface area contributed by atoms with Gasteiger partial charge in [0.05, 0.1) is 6.54 Å². The van der Waals surface area contributed by atoms with Gasteiger partial charge in [-0.1, -0.05) is 18.2 Å². The van der Waals surface area contributed by atoms with Crippen LogP contribution < -0.4 is 16.0 Å². The topological polar surface area (TPSA) is 83.1 Å². The number of pyridine rings is 1. The number of alkyl halides is 2. The predicted molar refractivity (Wildman–Crippen MR) is 126 cm³/mol. The van der Waals surface area contributed by atoms with Crippen molar-refractivity contribution in [3.8, 4) is 0 Å². The molecule has 1 aromatic heterocycles. The molecule has 2 fully saturated rings. The smallest absolute Gasteiger partial charge is 0.264 e. The molecule has 3 atom stereocenters. The zero-order valence-electron chi connectivity index (χ0n) is 18.6. The van der Waals surface area contributed by atoms with Crippen LogP contribution in [0.5, 0.6) is 0 Å². The summed E-state index contributed by atoms with van der Waals surface area (Å²) in [5.41, 5.74) is 2.17. The molecule has 0 radical (unpaired) electrons. The van der Waals surface area contributed by atoms with Crippen LogP contribution in [-0.4, -0.2) is 42.4 Å². The molecule has 1 unspecified atom stereocenters.